The zero-order chi connectivity index (χ0) is 17.9. The van der Waals surface area contributed by atoms with E-state index in [9.17, 15) is 5.11 Å². The fraction of sp³-hybridized carbons (Fsp3) is 0.136. The Balaban J connectivity index is 1.77. The van der Waals surface area contributed by atoms with Crippen molar-refractivity contribution < 1.29 is 5.11 Å². The monoisotopic (exact) mass is 347 g/mol. The summed E-state index contributed by atoms with van der Waals surface area (Å²) in [5.41, 5.74) is 4.19. The smallest absolute Gasteiger partial charge is 0.115 e. The lowest BCUT2D eigenvalue weighted by Crippen LogP contribution is -2.19. The van der Waals surface area contributed by atoms with Crippen LogP contribution in [0.25, 0.3) is 0 Å². The number of phenols is 1. The van der Waals surface area contributed by atoms with Crippen molar-refractivity contribution in [3.63, 3.8) is 0 Å². The van der Waals surface area contributed by atoms with Gasteiger partial charge in [-0.05, 0) is 35.4 Å². The standard InChI is InChI=1S/C22H21NOS/c1-22(2,18-10-14-20(24)15-11-18)17-8-12-19(13-9-17)23-21(25)16-6-4-3-5-7-16/h3-15,24H,1-2H3,(H,23,25). The second-order valence-corrected chi connectivity index (χ2v) is 6.98. The van der Waals surface area contributed by atoms with E-state index in [1.165, 1.54) is 5.56 Å². The van der Waals surface area contributed by atoms with Gasteiger partial charge in [-0.2, -0.15) is 0 Å². The molecule has 2 N–H and O–H groups in total. The summed E-state index contributed by atoms with van der Waals surface area (Å²) < 4.78 is 0. The Morgan fingerprint density at radius 2 is 1.32 bits per heavy atom. The number of nitrogens with one attached hydrogen (secondary N) is 1. The first-order chi connectivity index (χ1) is 12.0. The van der Waals surface area contributed by atoms with Gasteiger partial charge >= 0.3 is 0 Å². The van der Waals surface area contributed by atoms with E-state index in [1.807, 2.05) is 54.6 Å². The Morgan fingerprint density at radius 1 is 0.800 bits per heavy atom. The average Bonchev–Trinajstić information content (AvgIpc) is 2.63. The van der Waals surface area contributed by atoms with Crippen LogP contribution < -0.4 is 5.32 Å². The van der Waals surface area contributed by atoms with E-state index in [0.717, 1.165) is 16.8 Å². The van der Waals surface area contributed by atoms with Gasteiger partial charge in [-0.25, -0.2) is 0 Å². The van der Waals surface area contributed by atoms with E-state index >= 15 is 0 Å². The van der Waals surface area contributed by atoms with Crippen molar-refractivity contribution in [2.75, 3.05) is 5.32 Å². The quantitative estimate of drug-likeness (QED) is 0.611. The molecule has 0 spiro atoms. The number of anilines is 1. The number of rotatable bonds is 4. The molecule has 2 nitrogen and oxygen atoms in total. The number of phenolic OH excluding ortho intramolecular Hbond substituents is 1. The van der Waals surface area contributed by atoms with Gasteiger partial charge in [0.25, 0.3) is 0 Å². The molecule has 25 heavy (non-hydrogen) atoms. The Labute approximate surface area is 154 Å². The summed E-state index contributed by atoms with van der Waals surface area (Å²) in [5.74, 6) is 0.286. The number of thiocarbonyl (C=S) groups is 1. The summed E-state index contributed by atoms with van der Waals surface area (Å²) in [7, 11) is 0. The topological polar surface area (TPSA) is 32.3 Å². The maximum Gasteiger partial charge on any atom is 0.115 e. The largest absolute Gasteiger partial charge is 0.508 e. The first-order valence-corrected chi connectivity index (χ1v) is 8.64. The zero-order valence-electron chi connectivity index (χ0n) is 14.4. The molecule has 0 heterocycles. The molecule has 126 valence electrons. The molecule has 3 aromatic rings. The lowest BCUT2D eigenvalue weighted by atomic mass is 9.78. The van der Waals surface area contributed by atoms with Crippen LogP contribution >= 0.6 is 12.2 Å². The predicted molar refractivity (Wildman–Crippen MR) is 108 cm³/mol. The maximum absolute atomic E-state index is 9.49. The third-order valence-electron chi connectivity index (χ3n) is 4.49. The van der Waals surface area contributed by atoms with Crippen molar-refractivity contribution in [3.05, 3.63) is 95.6 Å². The van der Waals surface area contributed by atoms with Gasteiger partial charge in [0.1, 0.15) is 10.7 Å². The van der Waals surface area contributed by atoms with Crippen molar-refractivity contribution in [1.82, 2.24) is 0 Å². The van der Waals surface area contributed by atoms with Crippen molar-refractivity contribution in [2.24, 2.45) is 0 Å². The minimum Gasteiger partial charge on any atom is -0.508 e. The van der Waals surface area contributed by atoms with Crippen LogP contribution in [0.15, 0.2) is 78.9 Å². The number of benzene rings is 3. The van der Waals surface area contributed by atoms with Gasteiger partial charge in [0.15, 0.2) is 0 Å². The van der Waals surface area contributed by atoms with Crippen molar-refractivity contribution in [3.8, 4) is 5.75 Å². The number of hydrogen-bond donors (Lipinski definition) is 2. The minimum absolute atomic E-state index is 0.147. The van der Waals surface area contributed by atoms with Crippen LogP contribution in [-0.2, 0) is 5.41 Å². The second-order valence-electron chi connectivity index (χ2n) is 6.57. The van der Waals surface area contributed by atoms with Crippen molar-refractivity contribution in [1.29, 1.82) is 0 Å². The van der Waals surface area contributed by atoms with E-state index in [1.54, 1.807) is 12.1 Å². The third-order valence-corrected chi connectivity index (χ3v) is 4.83. The molecule has 0 atom stereocenters. The molecule has 0 aliphatic rings. The molecule has 0 fully saturated rings. The summed E-state index contributed by atoms with van der Waals surface area (Å²) >= 11 is 5.46. The molecule has 0 amide bonds. The third kappa shape index (κ3) is 3.89. The lowest BCUT2D eigenvalue weighted by Gasteiger charge is -2.26. The normalized spacial score (nSPS) is 11.1. The van der Waals surface area contributed by atoms with Crippen LogP contribution in [0.1, 0.15) is 30.5 Å². The minimum atomic E-state index is -0.147. The van der Waals surface area contributed by atoms with Gasteiger partial charge in [-0.15, -0.1) is 0 Å². The van der Waals surface area contributed by atoms with Gasteiger partial charge in [0.2, 0.25) is 0 Å². The number of aromatic hydroxyl groups is 1. The molecule has 3 rings (SSSR count). The summed E-state index contributed by atoms with van der Waals surface area (Å²) in [4.78, 5) is 0.714. The fourth-order valence-corrected chi connectivity index (χ4v) is 3.06. The van der Waals surface area contributed by atoms with Crippen LogP contribution in [0.2, 0.25) is 0 Å². The van der Waals surface area contributed by atoms with Crippen LogP contribution in [0, 0.1) is 0 Å². The highest BCUT2D eigenvalue weighted by Gasteiger charge is 2.22. The van der Waals surface area contributed by atoms with Gasteiger partial charge in [-0.1, -0.05) is 80.7 Å². The summed E-state index contributed by atoms with van der Waals surface area (Å²) in [6.45, 7) is 4.35. The molecular weight excluding hydrogens is 326 g/mol. The highest BCUT2D eigenvalue weighted by molar-refractivity contribution is 7.81. The molecule has 0 aromatic heterocycles. The average molecular weight is 347 g/mol. The molecule has 0 radical (unpaired) electrons. The first-order valence-electron chi connectivity index (χ1n) is 8.23. The van der Waals surface area contributed by atoms with Crippen LogP contribution in [0.3, 0.4) is 0 Å². The van der Waals surface area contributed by atoms with Gasteiger partial charge in [0.05, 0.1) is 0 Å². The summed E-state index contributed by atoms with van der Waals surface area (Å²) in [6, 6.07) is 25.6. The highest BCUT2D eigenvalue weighted by atomic mass is 32.1. The molecule has 0 bridgehead atoms. The van der Waals surface area contributed by atoms with Crippen LogP contribution in [0.5, 0.6) is 5.75 Å². The second kappa shape index (κ2) is 7.08. The molecule has 0 saturated carbocycles. The van der Waals surface area contributed by atoms with Crippen LogP contribution in [-0.4, -0.2) is 10.1 Å². The molecule has 3 heteroatoms. The molecule has 0 saturated heterocycles. The Kier molecular flexibility index (Phi) is 4.86. The van der Waals surface area contributed by atoms with E-state index in [-0.39, 0.29) is 11.2 Å². The molecule has 0 aliphatic carbocycles. The van der Waals surface area contributed by atoms with Crippen LogP contribution in [0.4, 0.5) is 5.69 Å². The highest BCUT2D eigenvalue weighted by Crippen LogP contribution is 2.32. The summed E-state index contributed by atoms with van der Waals surface area (Å²) in [5, 5.41) is 12.8. The molecule has 0 aliphatic heterocycles. The Hall–Kier alpha value is -2.65. The van der Waals surface area contributed by atoms with Gasteiger partial charge in [-0.3, -0.25) is 0 Å². The van der Waals surface area contributed by atoms with Gasteiger partial charge < -0.3 is 10.4 Å². The fourth-order valence-electron chi connectivity index (χ4n) is 2.81. The van der Waals surface area contributed by atoms with Crippen molar-refractivity contribution >= 4 is 22.9 Å². The SMILES string of the molecule is CC(C)(c1ccc(O)cc1)c1ccc(NC(=S)c2ccccc2)cc1. The first kappa shape index (κ1) is 17.2. The summed E-state index contributed by atoms with van der Waals surface area (Å²) in [6.07, 6.45) is 0. The Morgan fingerprint density at radius 3 is 1.88 bits per heavy atom. The lowest BCUT2D eigenvalue weighted by molar-refractivity contribution is 0.474. The number of hydrogen-bond acceptors (Lipinski definition) is 2. The zero-order valence-corrected chi connectivity index (χ0v) is 15.2. The van der Waals surface area contributed by atoms with Crippen molar-refractivity contribution in [2.45, 2.75) is 19.3 Å². The Bertz CT molecular complexity index is 853. The molecule has 3 aromatic carbocycles. The molecule has 0 unspecified atom stereocenters. The molecular formula is C22H21NOS. The maximum atomic E-state index is 9.49. The van der Waals surface area contributed by atoms with Gasteiger partial charge in [0, 0.05) is 16.7 Å². The van der Waals surface area contributed by atoms with E-state index in [4.69, 9.17) is 12.2 Å². The van der Waals surface area contributed by atoms with E-state index < -0.39 is 0 Å². The predicted octanol–water partition coefficient (Wildman–Crippen LogP) is 5.51. The van der Waals surface area contributed by atoms with E-state index in [2.05, 4.69) is 31.3 Å². The van der Waals surface area contributed by atoms with E-state index in [0.29, 0.717) is 4.99 Å².